The molecule has 3 aromatic carbocycles. The van der Waals surface area contributed by atoms with Gasteiger partial charge in [0.15, 0.2) is 11.5 Å². The van der Waals surface area contributed by atoms with Crippen LogP contribution in [0.25, 0.3) is 0 Å². The SMILES string of the molecule is Cc1ccccc1C(=O)N1CCC(N2CCN([C@@H](C)c3ccc(C(=O)Nc4ccc5c(c4)OCO5)cc3)[C@H](C)C2)CC1. The van der Waals surface area contributed by atoms with Gasteiger partial charge in [0, 0.05) is 73.7 Å². The minimum Gasteiger partial charge on any atom is -0.454 e. The van der Waals surface area contributed by atoms with Crippen LogP contribution in [0.2, 0.25) is 0 Å². The molecule has 0 unspecified atom stereocenters. The number of rotatable bonds is 6. The molecule has 3 heterocycles. The molecule has 0 radical (unpaired) electrons. The molecule has 8 heteroatoms. The molecule has 2 fully saturated rings. The molecular weight excluding hydrogens is 528 g/mol. The average Bonchev–Trinajstić information content (AvgIpc) is 3.49. The first kappa shape index (κ1) is 28.2. The van der Waals surface area contributed by atoms with E-state index in [1.165, 1.54) is 5.56 Å². The number of likely N-dealkylation sites (tertiary alicyclic amines) is 1. The molecule has 1 N–H and O–H groups in total. The van der Waals surface area contributed by atoms with Crippen molar-refractivity contribution in [3.63, 3.8) is 0 Å². The summed E-state index contributed by atoms with van der Waals surface area (Å²) >= 11 is 0. The molecule has 3 aliphatic rings. The standard InChI is InChI=1S/C34H40N4O4/c1-23-6-4-5-7-30(23)34(40)36-16-14-29(15-17-36)37-18-19-38(24(2)21-37)25(3)26-8-10-27(11-9-26)33(39)35-28-12-13-31-32(20-28)42-22-41-31/h4-13,20,24-25,29H,14-19,21-22H2,1-3H3,(H,35,39)/t24-,25+/m1/s1. The van der Waals surface area contributed by atoms with Gasteiger partial charge >= 0.3 is 0 Å². The Balaban J connectivity index is 1.00. The first-order valence-electron chi connectivity index (χ1n) is 15.0. The van der Waals surface area contributed by atoms with Crippen molar-refractivity contribution in [2.75, 3.05) is 44.8 Å². The van der Waals surface area contributed by atoms with E-state index in [2.05, 4.69) is 41.1 Å². The van der Waals surface area contributed by atoms with E-state index in [-0.39, 0.29) is 24.6 Å². The first-order chi connectivity index (χ1) is 20.4. The summed E-state index contributed by atoms with van der Waals surface area (Å²) in [4.78, 5) is 33.1. The zero-order valence-electron chi connectivity index (χ0n) is 24.7. The number of hydrogen-bond acceptors (Lipinski definition) is 6. The van der Waals surface area contributed by atoms with E-state index >= 15 is 0 Å². The van der Waals surface area contributed by atoms with Crippen molar-refractivity contribution < 1.29 is 19.1 Å². The third-order valence-electron chi connectivity index (χ3n) is 9.14. The Labute approximate surface area is 248 Å². The molecule has 3 aliphatic heterocycles. The molecule has 0 aromatic heterocycles. The van der Waals surface area contributed by atoms with Gasteiger partial charge in [0.2, 0.25) is 6.79 Å². The van der Waals surface area contributed by atoms with Crippen LogP contribution in [0, 0.1) is 6.92 Å². The second-order valence-electron chi connectivity index (χ2n) is 11.7. The topological polar surface area (TPSA) is 74.4 Å². The third kappa shape index (κ3) is 5.87. The summed E-state index contributed by atoms with van der Waals surface area (Å²) in [7, 11) is 0. The van der Waals surface area contributed by atoms with E-state index in [0.29, 0.717) is 34.8 Å². The number of nitrogens with one attached hydrogen (secondary N) is 1. The number of aryl methyl sites for hydroxylation is 1. The van der Waals surface area contributed by atoms with Gasteiger partial charge in [0.25, 0.3) is 11.8 Å². The lowest BCUT2D eigenvalue weighted by Gasteiger charge is -2.47. The Morgan fingerprint density at radius 2 is 1.64 bits per heavy atom. The maximum absolute atomic E-state index is 13.1. The lowest BCUT2D eigenvalue weighted by atomic mass is 9.97. The Morgan fingerprint density at radius 3 is 2.38 bits per heavy atom. The second-order valence-corrected chi connectivity index (χ2v) is 11.7. The van der Waals surface area contributed by atoms with Crippen molar-refractivity contribution in [3.8, 4) is 11.5 Å². The van der Waals surface area contributed by atoms with Gasteiger partial charge in [0.05, 0.1) is 0 Å². The number of fused-ring (bicyclic) bond motifs is 1. The summed E-state index contributed by atoms with van der Waals surface area (Å²) in [5.74, 6) is 1.35. The Morgan fingerprint density at radius 1 is 0.905 bits per heavy atom. The summed E-state index contributed by atoms with van der Waals surface area (Å²) in [6, 6.07) is 22.4. The number of carbonyl (C=O) groups excluding carboxylic acids is 2. The van der Waals surface area contributed by atoms with Crippen LogP contribution in [0.4, 0.5) is 5.69 Å². The fourth-order valence-electron chi connectivity index (χ4n) is 6.61. The van der Waals surface area contributed by atoms with Gasteiger partial charge in [-0.1, -0.05) is 30.3 Å². The molecule has 3 aromatic rings. The van der Waals surface area contributed by atoms with Crippen LogP contribution in [-0.4, -0.2) is 78.1 Å². The fourth-order valence-corrected chi connectivity index (χ4v) is 6.61. The van der Waals surface area contributed by atoms with Crippen molar-refractivity contribution in [2.45, 2.75) is 51.7 Å². The van der Waals surface area contributed by atoms with Crippen molar-refractivity contribution >= 4 is 17.5 Å². The van der Waals surface area contributed by atoms with E-state index in [4.69, 9.17) is 9.47 Å². The number of hydrogen-bond donors (Lipinski definition) is 1. The summed E-state index contributed by atoms with van der Waals surface area (Å²) in [5, 5.41) is 2.95. The van der Waals surface area contributed by atoms with Gasteiger partial charge in [-0.2, -0.15) is 0 Å². The number of piperidine rings is 1. The fraction of sp³-hybridized carbons (Fsp3) is 0.412. The quantitative estimate of drug-likeness (QED) is 0.432. The highest BCUT2D eigenvalue weighted by molar-refractivity contribution is 6.04. The average molecular weight is 569 g/mol. The summed E-state index contributed by atoms with van der Waals surface area (Å²) in [6.07, 6.45) is 2.05. The molecule has 0 bridgehead atoms. The van der Waals surface area contributed by atoms with E-state index in [0.717, 1.165) is 56.7 Å². The van der Waals surface area contributed by atoms with E-state index in [1.54, 1.807) is 12.1 Å². The van der Waals surface area contributed by atoms with Crippen LogP contribution in [0.1, 0.15) is 64.6 Å². The molecule has 220 valence electrons. The largest absolute Gasteiger partial charge is 0.454 e. The van der Waals surface area contributed by atoms with Crippen molar-refractivity contribution in [3.05, 3.63) is 89.0 Å². The minimum absolute atomic E-state index is 0.151. The monoisotopic (exact) mass is 568 g/mol. The van der Waals surface area contributed by atoms with Crippen LogP contribution in [-0.2, 0) is 0 Å². The minimum atomic E-state index is -0.151. The summed E-state index contributed by atoms with van der Waals surface area (Å²) in [5.41, 5.74) is 4.37. The van der Waals surface area contributed by atoms with Gasteiger partial charge in [-0.05, 0) is 75.1 Å². The number of piperazine rings is 1. The van der Waals surface area contributed by atoms with Crippen LogP contribution >= 0.6 is 0 Å². The predicted molar refractivity (Wildman–Crippen MR) is 163 cm³/mol. The third-order valence-corrected chi connectivity index (χ3v) is 9.14. The molecule has 2 atom stereocenters. The molecule has 0 spiro atoms. The van der Waals surface area contributed by atoms with E-state index in [9.17, 15) is 9.59 Å². The predicted octanol–water partition coefficient (Wildman–Crippen LogP) is 5.35. The highest BCUT2D eigenvalue weighted by atomic mass is 16.7. The first-order valence-corrected chi connectivity index (χ1v) is 15.0. The Kier molecular flexibility index (Phi) is 8.18. The van der Waals surface area contributed by atoms with Gasteiger partial charge in [-0.25, -0.2) is 0 Å². The summed E-state index contributed by atoms with van der Waals surface area (Å²) in [6.45, 7) is 11.5. The van der Waals surface area contributed by atoms with Crippen molar-refractivity contribution in [2.24, 2.45) is 0 Å². The van der Waals surface area contributed by atoms with Crippen LogP contribution in [0.15, 0.2) is 66.7 Å². The summed E-state index contributed by atoms with van der Waals surface area (Å²) < 4.78 is 10.8. The number of anilines is 1. The van der Waals surface area contributed by atoms with E-state index in [1.807, 2.05) is 54.3 Å². The van der Waals surface area contributed by atoms with Gasteiger partial charge in [-0.15, -0.1) is 0 Å². The van der Waals surface area contributed by atoms with Gasteiger partial charge in [-0.3, -0.25) is 19.4 Å². The number of carbonyl (C=O) groups is 2. The Bertz CT molecular complexity index is 1430. The Hall–Kier alpha value is -3.88. The molecule has 6 rings (SSSR count). The van der Waals surface area contributed by atoms with Gasteiger partial charge in [0.1, 0.15) is 0 Å². The number of benzene rings is 3. The molecule has 2 amide bonds. The maximum atomic E-state index is 13.1. The lowest BCUT2D eigenvalue weighted by Crippen LogP contribution is -2.57. The molecule has 42 heavy (non-hydrogen) atoms. The molecule has 8 nitrogen and oxygen atoms in total. The molecule has 0 saturated carbocycles. The van der Waals surface area contributed by atoms with Crippen molar-refractivity contribution in [1.82, 2.24) is 14.7 Å². The molecule has 2 saturated heterocycles. The van der Waals surface area contributed by atoms with Crippen LogP contribution < -0.4 is 14.8 Å². The zero-order valence-corrected chi connectivity index (χ0v) is 24.7. The smallest absolute Gasteiger partial charge is 0.255 e. The maximum Gasteiger partial charge on any atom is 0.255 e. The zero-order chi connectivity index (χ0) is 29.2. The number of ether oxygens (including phenoxy) is 2. The highest BCUT2D eigenvalue weighted by Crippen LogP contribution is 2.34. The lowest BCUT2D eigenvalue weighted by molar-refractivity contribution is 0.0135. The number of nitrogens with zero attached hydrogens (tertiary/aromatic N) is 3. The van der Waals surface area contributed by atoms with E-state index < -0.39 is 0 Å². The van der Waals surface area contributed by atoms with Gasteiger partial charge < -0.3 is 19.7 Å². The molecule has 0 aliphatic carbocycles. The van der Waals surface area contributed by atoms with Crippen molar-refractivity contribution in [1.29, 1.82) is 0 Å². The van der Waals surface area contributed by atoms with Crippen LogP contribution in [0.5, 0.6) is 11.5 Å². The highest BCUT2D eigenvalue weighted by Gasteiger charge is 2.34. The normalized spacial score (nSPS) is 20.4. The number of amides is 2. The molecular formula is C34H40N4O4. The second kappa shape index (κ2) is 12.2. The van der Waals surface area contributed by atoms with Crippen LogP contribution in [0.3, 0.4) is 0 Å².